The first-order chi connectivity index (χ1) is 14.1. The Morgan fingerprint density at radius 1 is 1.28 bits per heavy atom. The molecule has 0 radical (unpaired) electrons. The largest absolute Gasteiger partial charge is 0.497 e. The van der Waals surface area contributed by atoms with Crippen molar-refractivity contribution in [1.29, 1.82) is 0 Å². The molecule has 0 amide bonds. The van der Waals surface area contributed by atoms with Crippen LogP contribution in [0.1, 0.15) is 48.7 Å². The van der Waals surface area contributed by atoms with Crippen molar-refractivity contribution in [3.8, 4) is 5.75 Å². The highest BCUT2D eigenvalue weighted by Gasteiger charge is 2.24. The molecule has 2 aromatic rings. The molecule has 1 aromatic heterocycles. The summed E-state index contributed by atoms with van der Waals surface area (Å²) in [5.41, 5.74) is 2.17. The molecular formula is C22H33N5O2. The monoisotopic (exact) mass is 399 g/mol. The second-order valence-corrected chi connectivity index (χ2v) is 7.36. The Balaban J connectivity index is 1.71. The number of methoxy groups -OCH3 is 1. The van der Waals surface area contributed by atoms with Crippen molar-refractivity contribution in [2.45, 2.75) is 46.2 Å². The van der Waals surface area contributed by atoms with Crippen molar-refractivity contribution < 1.29 is 9.15 Å². The van der Waals surface area contributed by atoms with E-state index in [2.05, 4.69) is 50.6 Å². The number of aryl methyl sites for hydroxylation is 2. The Morgan fingerprint density at radius 3 is 2.72 bits per heavy atom. The predicted molar refractivity (Wildman–Crippen MR) is 115 cm³/mol. The molecule has 29 heavy (non-hydrogen) atoms. The maximum absolute atomic E-state index is 5.65. The van der Waals surface area contributed by atoms with Crippen LogP contribution in [0.2, 0.25) is 0 Å². The molecule has 1 fully saturated rings. The molecule has 0 saturated carbocycles. The molecule has 2 heterocycles. The molecule has 0 bridgehead atoms. The van der Waals surface area contributed by atoms with Gasteiger partial charge in [-0.15, -0.1) is 0 Å². The highest BCUT2D eigenvalue weighted by Crippen LogP contribution is 2.27. The number of likely N-dealkylation sites (tertiary alicyclic amines) is 1. The van der Waals surface area contributed by atoms with Gasteiger partial charge in [0.2, 0.25) is 5.89 Å². The lowest BCUT2D eigenvalue weighted by molar-refractivity contribution is 0.245. The van der Waals surface area contributed by atoms with Crippen LogP contribution in [0, 0.1) is 13.8 Å². The van der Waals surface area contributed by atoms with Crippen molar-refractivity contribution in [3.05, 3.63) is 47.2 Å². The molecule has 1 aromatic carbocycles. The fourth-order valence-corrected chi connectivity index (χ4v) is 3.65. The zero-order valence-electron chi connectivity index (χ0n) is 18.0. The van der Waals surface area contributed by atoms with Gasteiger partial charge in [0.1, 0.15) is 18.1 Å². The smallest absolute Gasteiger partial charge is 0.216 e. The van der Waals surface area contributed by atoms with E-state index in [1.54, 1.807) is 7.11 Å². The molecule has 2 N–H and O–H groups in total. The van der Waals surface area contributed by atoms with Crippen LogP contribution in [-0.2, 0) is 6.54 Å². The molecule has 7 nitrogen and oxygen atoms in total. The minimum atomic E-state index is 0.266. The topological polar surface area (TPSA) is 74.9 Å². The molecule has 1 unspecified atom stereocenters. The fraction of sp³-hybridized carbons (Fsp3) is 0.545. The van der Waals surface area contributed by atoms with Gasteiger partial charge in [0, 0.05) is 13.1 Å². The summed E-state index contributed by atoms with van der Waals surface area (Å²) in [6.07, 6.45) is 2.50. The maximum atomic E-state index is 5.65. The van der Waals surface area contributed by atoms with E-state index in [1.165, 1.54) is 18.4 Å². The van der Waals surface area contributed by atoms with Crippen molar-refractivity contribution in [3.63, 3.8) is 0 Å². The van der Waals surface area contributed by atoms with E-state index >= 15 is 0 Å². The van der Waals surface area contributed by atoms with Crippen LogP contribution in [0.25, 0.3) is 0 Å². The number of ether oxygens (including phenoxy) is 1. The maximum Gasteiger partial charge on any atom is 0.216 e. The quantitative estimate of drug-likeness (QED) is 0.525. The average molecular weight is 400 g/mol. The van der Waals surface area contributed by atoms with Crippen LogP contribution in [0.3, 0.4) is 0 Å². The van der Waals surface area contributed by atoms with E-state index in [-0.39, 0.29) is 6.04 Å². The number of hydrogen-bond acceptors (Lipinski definition) is 5. The third kappa shape index (κ3) is 5.73. The zero-order chi connectivity index (χ0) is 20.6. The molecule has 1 aliphatic heterocycles. The second kappa shape index (κ2) is 10.3. The minimum absolute atomic E-state index is 0.266. The first-order valence-corrected chi connectivity index (χ1v) is 10.4. The third-order valence-corrected chi connectivity index (χ3v) is 5.31. The van der Waals surface area contributed by atoms with Gasteiger partial charge in [-0.1, -0.05) is 12.1 Å². The van der Waals surface area contributed by atoms with Crippen LogP contribution in [0.5, 0.6) is 5.75 Å². The summed E-state index contributed by atoms with van der Waals surface area (Å²) in [5, 5.41) is 6.83. The lowest BCUT2D eigenvalue weighted by Crippen LogP contribution is -2.42. The molecule has 3 rings (SSSR count). The number of rotatable bonds is 8. The number of oxazole rings is 1. The molecule has 1 saturated heterocycles. The standard InChI is InChI=1S/C22H33N5O2/c1-5-23-22(25-15-21-26-16(2)17(3)29-21)24-14-20(27-11-6-7-12-27)18-9-8-10-19(13-18)28-4/h8-10,13,20H,5-7,11-12,14-15H2,1-4H3,(H2,23,24,25). The first-order valence-electron chi connectivity index (χ1n) is 10.4. The zero-order valence-corrected chi connectivity index (χ0v) is 18.0. The van der Waals surface area contributed by atoms with Gasteiger partial charge in [-0.25, -0.2) is 9.98 Å². The Bertz CT molecular complexity index is 792. The van der Waals surface area contributed by atoms with Crippen LogP contribution in [-0.4, -0.2) is 49.1 Å². The Hall–Kier alpha value is -2.54. The molecule has 158 valence electrons. The summed E-state index contributed by atoms with van der Waals surface area (Å²) in [7, 11) is 1.71. The number of guanidine groups is 1. The summed E-state index contributed by atoms with van der Waals surface area (Å²) in [6, 6.07) is 8.62. The molecule has 1 atom stereocenters. The minimum Gasteiger partial charge on any atom is -0.497 e. The Labute approximate surface area is 173 Å². The van der Waals surface area contributed by atoms with Gasteiger partial charge in [-0.05, 0) is 64.4 Å². The molecule has 7 heteroatoms. The number of aromatic nitrogens is 1. The summed E-state index contributed by atoms with van der Waals surface area (Å²) in [6.45, 7) is 10.1. The summed E-state index contributed by atoms with van der Waals surface area (Å²) < 4.78 is 11.1. The average Bonchev–Trinajstić information content (AvgIpc) is 3.36. The van der Waals surface area contributed by atoms with Crippen molar-refractivity contribution >= 4 is 5.96 Å². The van der Waals surface area contributed by atoms with Gasteiger partial charge >= 0.3 is 0 Å². The van der Waals surface area contributed by atoms with E-state index in [0.717, 1.165) is 49.3 Å². The van der Waals surface area contributed by atoms with Gasteiger partial charge in [-0.2, -0.15) is 0 Å². The van der Waals surface area contributed by atoms with Gasteiger partial charge in [0.25, 0.3) is 0 Å². The van der Waals surface area contributed by atoms with E-state index in [4.69, 9.17) is 9.15 Å². The Kier molecular flexibility index (Phi) is 7.52. The van der Waals surface area contributed by atoms with Gasteiger partial charge < -0.3 is 19.8 Å². The van der Waals surface area contributed by atoms with Crippen LogP contribution >= 0.6 is 0 Å². The number of aliphatic imine (C=N–C) groups is 1. The lowest BCUT2D eigenvalue weighted by atomic mass is 10.1. The summed E-state index contributed by atoms with van der Waals surface area (Å²) in [5.74, 6) is 3.15. The number of benzene rings is 1. The SMILES string of the molecule is CCNC(=NCc1nc(C)c(C)o1)NCC(c1cccc(OC)c1)N1CCCC1. The third-order valence-electron chi connectivity index (χ3n) is 5.31. The number of nitrogens with zero attached hydrogens (tertiary/aromatic N) is 3. The van der Waals surface area contributed by atoms with Crippen LogP contribution in [0.15, 0.2) is 33.7 Å². The molecule has 0 spiro atoms. The fourth-order valence-electron chi connectivity index (χ4n) is 3.65. The van der Waals surface area contributed by atoms with Crippen molar-refractivity contribution in [2.75, 3.05) is 33.3 Å². The highest BCUT2D eigenvalue weighted by molar-refractivity contribution is 5.79. The molecule has 1 aliphatic rings. The summed E-state index contributed by atoms with van der Waals surface area (Å²) in [4.78, 5) is 11.6. The normalized spacial score (nSPS) is 16.1. The first kappa shape index (κ1) is 21.2. The van der Waals surface area contributed by atoms with E-state index in [9.17, 15) is 0 Å². The van der Waals surface area contributed by atoms with Crippen LogP contribution in [0.4, 0.5) is 0 Å². The molecule has 0 aliphatic carbocycles. The second-order valence-electron chi connectivity index (χ2n) is 7.36. The number of hydrogen-bond donors (Lipinski definition) is 2. The van der Waals surface area contributed by atoms with Gasteiger partial charge in [0.05, 0.1) is 18.8 Å². The number of nitrogens with one attached hydrogen (secondary N) is 2. The lowest BCUT2D eigenvalue weighted by Gasteiger charge is -2.29. The molecular weight excluding hydrogens is 366 g/mol. The van der Waals surface area contributed by atoms with Gasteiger partial charge in [0.15, 0.2) is 5.96 Å². The van der Waals surface area contributed by atoms with Crippen molar-refractivity contribution in [1.82, 2.24) is 20.5 Å². The Morgan fingerprint density at radius 2 is 2.07 bits per heavy atom. The highest BCUT2D eigenvalue weighted by atomic mass is 16.5. The van der Waals surface area contributed by atoms with Crippen LogP contribution < -0.4 is 15.4 Å². The van der Waals surface area contributed by atoms with E-state index in [0.29, 0.717) is 12.4 Å². The van der Waals surface area contributed by atoms with E-state index in [1.807, 2.05) is 19.9 Å². The van der Waals surface area contributed by atoms with Crippen molar-refractivity contribution in [2.24, 2.45) is 4.99 Å². The summed E-state index contributed by atoms with van der Waals surface area (Å²) >= 11 is 0. The van der Waals surface area contributed by atoms with E-state index < -0.39 is 0 Å². The van der Waals surface area contributed by atoms with Gasteiger partial charge in [-0.3, -0.25) is 4.90 Å². The predicted octanol–water partition coefficient (Wildman–Crippen LogP) is 3.19.